The Morgan fingerprint density at radius 3 is 2.65 bits per heavy atom. The van der Waals surface area contributed by atoms with Crippen LogP contribution in [0.1, 0.15) is 31.6 Å². The standard InChI is InChI=1S/C13H23ClN2S/c1-4-5-10(2)12(8-15)16(3)9-11-6-7-13(14)17-11/h6-7,10,12H,4-5,8-9,15H2,1-3H3. The van der Waals surface area contributed by atoms with Crippen molar-refractivity contribution >= 4 is 22.9 Å². The number of halogens is 1. The van der Waals surface area contributed by atoms with Gasteiger partial charge in [0.25, 0.3) is 0 Å². The lowest BCUT2D eigenvalue weighted by molar-refractivity contribution is 0.176. The van der Waals surface area contributed by atoms with Crippen molar-refractivity contribution in [3.05, 3.63) is 21.3 Å². The van der Waals surface area contributed by atoms with Gasteiger partial charge in [0.1, 0.15) is 0 Å². The number of hydrogen-bond acceptors (Lipinski definition) is 3. The number of nitrogens with zero attached hydrogens (tertiary/aromatic N) is 1. The molecule has 2 nitrogen and oxygen atoms in total. The van der Waals surface area contributed by atoms with E-state index in [1.165, 1.54) is 17.7 Å². The molecule has 1 aromatic rings. The molecule has 0 aromatic carbocycles. The summed E-state index contributed by atoms with van der Waals surface area (Å²) in [6, 6.07) is 4.51. The summed E-state index contributed by atoms with van der Waals surface area (Å²) < 4.78 is 0.860. The Hall–Kier alpha value is -0.0900. The number of nitrogens with two attached hydrogens (primary N) is 1. The fourth-order valence-corrected chi connectivity index (χ4v) is 3.45. The smallest absolute Gasteiger partial charge is 0.0931 e. The Bertz CT molecular complexity index is 327. The third-order valence-electron chi connectivity index (χ3n) is 3.24. The molecular formula is C13H23ClN2S. The second kappa shape index (κ2) is 7.37. The van der Waals surface area contributed by atoms with E-state index in [1.807, 2.05) is 6.07 Å². The van der Waals surface area contributed by atoms with Crippen LogP contribution in [0, 0.1) is 5.92 Å². The number of hydrogen-bond donors (Lipinski definition) is 1. The summed E-state index contributed by atoms with van der Waals surface area (Å²) in [5, 5.41) is 0. The van der Waals surface area contributed by atoms with Gasteiger partial charge in [-0.05, 0) is 31.5 Å². The SMILES string of the molecule is CCCC(C)C(CN)N(C)Cc1ccc(Cl)s1. The first-order valence-electron chi connectivity index (χ1n) is 6.23. The highest BCUT2D eigenvalue weighted by atomic mass is 35.5. The second-order valence-electron chi connectivity index (χ2n) is 4.69. The lowest BCUT2D eigenvalue weighted by Crippen LogP contribution is -2.42. The van der Waals surface area contributed by atoms with Gasteiger partial charge in [0.2, 0.25) is 0 Å². The number of rotatable bonds is 7. The summed E-state index contributed by atoms with van der Waals surface area (Å²) >= 11 is 7.60. The highest BCUT2D eigenvalue weighted by Crippen LogP contribution is 2.24. The van der Waals surface area contributed by atoms with Crippen LogP contribution in [0.5, 0.6) is 0 Å². The first-order chi connectivity index (χ1) is 8.08. The average Bonchev–Trinajstić information content (AvgIpc) is 2.65. The van der Waals surface area contributed by atoms with Crippen molar-refractivity contribution in [2.45, 2.75) is 39.3 Å². The molecule has 4 heteroatoms. The maximum Gasteiger partial charge on any atom is 0.0931 e. The molecule has 0 saturated carbocycles. The van der Waals surface area contributed by atoms with Gasteiger partial charge in [-0.1, -0.05) is 31.9 Å². The highest BCUT2D eigenvalue weighted by Gasteiger charge is 2.20. The Morgan fingerprint density at radius 1 is 1.47 bits per heavy atom. The van der Waals surface area contributed by atoms with Crippen LogP contribution >= 0.6 is 22.9 Å². The van der Waals surface area contributed by atoms with Crippen molar-refractivity contribution in [1.29, 1.82) is 0 Å². The molecule has 0 aliphatic carbocycles. The fourth-order valence-electron chi connectivity index (χ4n) is 2.29. The van der Waals surface area contributed by atoms with Crippen molar-refractivity contribution < 1.29 is 0 Å². The Kier molecular flexibility index (Phi) is 6.49. The van der Waals surface area contributed by atoms with Gasteiger partial charge in [-0.2, -0.15) is 0 Å². The van der Waals surface area contributed by atoms with Crippen molar-refractivity contribution in [1.82, 2.24) is 4.90 Å². The molecule has 1 rings (SSSR count). The lowest BCUT2D eigenvalue weighted by atomic mass is 9.96. The zero-order valence-electron chi connectivity index (χ0n) is 10.9. The van der Waals surface area contributed by atoms with Gasteiger partial charge in [0.15, 0.2) is 0 Å². The fraction of sp³-hybridized carbons (Fsp3) is 0.692. The number of thiophene rings is 1. The van der Waals surface area contributed by atoms with Crippen molar-refractivity contribution in [2.24, 2.45) is 11.7 Å². The van der Waals surface area contributed by atoms with E-state index in [0.717, 1.165) is 17.4 Å². The molecule has 0 aliphatic rings. The molecule has 0 saturated heterocycles. The molecule has 0 aliphatic heterocycles. The molecular weight excluding hydrogens is 252 g/mol. The molecule has 0 bridgehead atoms. The van der Waals surface area contributed by atoms with E-state index < -0.39 is 0 Å². The molecule has 2 unspecified atom stereocenters. The second-order valence-corrected chi connectivity index (χ2v) is 6.49. The van der Waals surface area contributed by atoms with Gasteiger partial charge in [-0.15, -0.1) is 11.3 Å². The molecule has 17 heavy (non-hydrogen) atoms. The monoisotopic (exact) mass is 274 g/mol. The summed E-state index contributed by atoms with van der Waals surface area (Å²) in [6.07, 6.45) is 2.45. The van der Waals surface area contributed by atoms with Crippen molar-refractivity contribution in [2.75, 3.05) is 13.6 Å². The minimum absolute atomic E-state index is 0.454. The maximum atomic E-state index is 5.94. The zero-order chi connectivity index (χ0) is 12.8. The molecule has 0 amide bonds. The van der Waals surface area contributed by atoms with E-state index in [-0.39, 0.29) is 0 Å². The predicted octanol–water partition coefficient (Wildman–Crippen LogP) is 3.60. The summed E-state index contributed by atoms with van der Waals surface area (Å²) in [4.78, 5) is 3.65. The average molecular weight is 275 g/mol. The van der Waals surface area contributed by atoms with Crippen LogP contribution in [0.25, 0.3) is 0 Å². The quantitative estimate of drug-likeness (QED) is 0.823. The largest absolute Gasteiger partial charge is 0.329 e. The first-order valence-corrected chi connectivity index (χ1v) is 7.42. The topological polar surface area (TPSA) is 29.3 Å². The van der Waals surface area contributed by atoms with Gasteiger partial charge in [0, 0.05) is 24.0 Å². The molecule has 0 radical (unpaired) electrons. The number of likely N-dealkylation sites (N-methyl/N-ethyl adjacent to an activating group) is 1. The first kappa shape index (κ1) is 15.0. The van der Waals surface area contributed by atoms with Crippen LogP contribution in [-0.4, -0.2) is 24.5 Å². The van der Waals surface area contributed by atoms with E-state index in [2.05, 4.69) is 31.9 Å². The van der Waals surface area contributed by atoms with Gasteiger partial charge in [-0.25, -0.2) is 0 Å². The summed E-state index contributed by atoms with van der Waals surface area (Å²) in [7, 11) is 2.15. The van der Waals surface area contributed by atoms with Crippen LogP contribution < -0.4 is 5.73 Å². The van der Waals surface area contributed by atoms with E-state index in [1.54, 1.807) is 11.3 Å². The van der Waals surface area contributed by atoms with Gasteiger partial charge >= 0.3 is 0 Å². The molecule has 2 N–H and O–H groups in total. The van der Waals surface area contributed by atoms with Gasteiger partial charge < -0.3 is 5.73 Å². The molecule has 0 fully saturated rings. The predicted molar refractivity (Wildman–Crippen MR) is 77.7 cm³/mol. The minimum atomic E-state index is 0.454. The minimum Gasteiger partial charge on any atom is -0.329 e. The molecule has 1 aromatic heterocycles. The van der Waals surface area contributed by atoms with Crippen LogP contribution in [0.2, 0.25) is 4.34 Å². The molecule has 98 valence electrons. The molecule has 2 atom stereocenters. The summed E-state index contributed by atoms with van der Waals surface area (Å²) in [5.74, 6) is 0.644. The van der Waals surface area contributed by atoms with Gasteiger partial charge in [-0.3, -0.25) is 4.90 Å². The molecule has 0 spiro atoms. The van der Waals surface area contributed by atoms with Crippen LogP contribution in [0.15, 0.2) is 12.1 Å². The van der Waals surface area contributed by atoms with Crippen molar-refractivity contribution in [3.63, 3.8) is 0 Å². The Balaban J connectivity index is 2.56. The van der Waals surface area contributed by atoms with Crippen molar-refractivity contribution in [3.8, 4) is 0 Å². The Labute approximate surface area is 114 Å². The molecule has 1 heterocycles. The van der Waals surface area contributed by atoms with E-state index >= 15 is 0 Å². The van der Waals surface area contributed by atoms with Crippen LogP contribution in [0.4, 0.5) is 0 Å². The van der Waals surface area contributed by atoms with Crippen LogP contribution in [-0.2, 0) is 6.54 Å². The summed E-state index contributed by atoms with van der Waals surface area (Å²) in [6.45, 7) is 6.17. The van der Waals surface area contributed by atoms with Crippen LogP contribution in [0.3, 0.4) is 0 Å². The maximum absolute atomic E-state index is 5.94. The highest BCUT2D eigenvalue weighted by molar-refractivity contribution is 7.16. The normalized spacial score (nSPS) is 15.2. The van der Waals surface area contributed by atoms with E-state index in [9.17, 15) is 0 Å². The third-order valence-corrected chi connectivity index (χ3v) is 4.46. The third kappa shape index (κ3) is 4.59. The zero-order valence-corrected chi connectivity index (χ0v) is 12.5. The van der Waals surface area contributed by atoms with E-state index in [4.69, 9.17) is 17.3 Å². The Morgan fingerprint density at radius 2 is 2.18 bits per heavy atom. The van der Waals surface area contributed by atoms with Gasteiger partial charge in [0.05, 0.1) is 4.34 Å². The lowest BCUT2D eigenvalue weighted by Gasteiger charge is -2.31. The van der Waals surface area contributed by atoms with E-state index in [0.29, 0.717) is 12.0 Å². The summed E-state index contributed by atoms with van der Waals surface area (Å²) in [5.41, 5.74) is 5.90.